The lowest BCUT2D eigenvalue weighted by Crippen LogP contribution is -2.53. The number of nitrogens with zero attached hydrogens (tertiary/aromatic N) is 3. The summed E-state index contributed by atoms with van der Waals surface area (Å²) in [4.78, 5) is 63.1. The molecule has 2 aromatic carbocycles. The van der Waals surface area contributed by atoms with Gasteiger partial charge in [-0.2, -0.15) is 0 Å². The van der Waals surface area contributed by atoms with E-state index in [-0.39, 0.29) is 23.4 Å². The van der Waals surface area contributed by atoms with Gasteiger partial charge in [-0.1, -0.05) is 89.5 Å². The number of amides is 2. The van der Waals surface area contributed by atoms with Crippen LogP contribution in [0.5, 0.6) is 0 Å². The molecule has 1 aromatic heterocycles. The fraction of sp³-hybridized carbons (Fsp3) is 0.333. The topological polar surface area (TPSA) is 138 Å². The number of aromatic nitrogens is 1. The molecule has 0 radical (unpaired) electrons. The number of oxime groups is 1. The zero-order valence-corrected chi connectivity index (χ0v) is 24.5. The van der Waals surface area contributed by atoms with E-state index in [1.165, 1.54) is 7.05 Å². The molecule has 1 unspecified atom stereocenters. The first-order valence-corrected chi connectivity index (χ1v) is 14.2. The number of alkyl halides is 1. The van der Waals surface area contributed by atoms with Crippen molar-refractivity contribution in [1.82, 2.24) is 15.2 Å². The Hall–Kier alpha value is -4.12. The number of benzene rings is 2. The molecule has 11 heteroatoms. The van der Waals surface area contributed by atoms with Crippen LogP contribution in [0.2, 0.25) is 0 Å². The summed E-state index contributed by atoms with van der Waals surface area (Å²) in [5.41, 5.74) is 0.188. The minimum atomic E-state index is -1.66. The summed E-state index contributed by atoms with van der Waals surface area (Å²) in [6.45, 7) is 3.82. The molecule has 0 saturated carbocycles. The summed E-state index contributed by atoms with van der Waals surface area (Å²) in [6.07, 6.45) is -0.578. The number of rotatable bonds is 11. The molecule has 2 amide bonds. The molecule has 10 nitrogen and oxygen atoms in total. The minimum absolute atomic E-state index is 0.0171. The van der Waals surface area contributed by atoms with Crippen LogP contribution in [0.1, 0.15) is 42.7 Å². The van der Waals surface area contributed by atoms with Crippen molar-refractivity contribution in [3.05, 3.63) is 78.0 Å². The van der Waals surface area contributed by atoms with Crippen LogP contribution in [0.3, 0.4) is 0 Å². The zero-order chi connectivity index (χ0) is 29.7. The van der Waals surface area contributed by atoms with Gasteiger partial charge >= 0.3 is 5.97 Å². The molecule has 0 spiro atoms. The highest BCUT2D eigenvalue weighted by Crippen LogP contribution is 2.39. The summed E-state index contributed by atoms with van der Waals surface area (Å²) in [5, 5.41) is 17.5. The summed E-state index contributed by atoms with van der Waals surface area (Å²) in [5.74, 6) is -2.82. The highest BCUT2D eigenvalue weighted by molar-refractivity contribution is 9.09. The van der Waals surface area contributed by atoms with Crippen molar-refractivity contribution in [2.45, 2.75) is 44.4 Å². The number of likely N-dealkylation sites (N-methyl/N-ethyl adjacent to an activating group) is 1. The number of fused-ring (bicyclic) bond motifs is 1. The quantitative estimate of drug-likeness (QED) is 0.309. The molecule has 3 aromatic rings. The predicted molar refractivity (Wildman–Crippen MR) is 157 cm³/mol. The number of carboxylic acids is 1. The molecule has 1 aliphatic rings. The number of carbonyl (C=O) groups is 4. The number of Topliss-reactive ketones (excluding diaryl/α,β-unsaturated/α-hetero) is 1. The smallest absolute Gasteiger partial charge is 0.305 e. The van der Waals surface area contributed by atoms with E-state index in [0.717, 1.165) is 10.3 Å². The van der Waals surface area contributed by atoms with Crippen molar-refractivity contribution >= 4 is 56.1 Å². The third-order valence-electron chi connectivity index (χ3n) is 7.14. The summed E-state index contributed by atoms with van der Waals surface area (Å²) in [6, 6.07) is 17.9. The van der Waals surface area contributed by atoms with Gasteiger partial charge in [0.2, 0.25) is 5.60 Å². The average Bonchev–Trinajstić information content (AvgIpc) is 3.43. The number of carboxylic acid groups (broad SMARTS) is 1. The molecule has 0 bridgehead atoms. The van der Waals surface area contributed by atoms with Crippen molar-refractivity contribution in [2.24, 2.45) is 11.1 Å². The molecule has 1 aliphatic heterocycles. The fourth-order valence-electron chi connectivity index (χ4n) is 4.91. The van der Waals surface area contributed by atoms with Crippen LogP contribution < -0.4 is 5.32 Å². The highest BCUT2D eigenvalue weighted by atomic mass is 79.9. The standard InChI is InChI=1S/C30H31BrN4O6/c1-18(2)27(33-28(39)22-14-13-19-9-7-8-12-21(19)32-22)23-16-30(41-34-23,20-10-5-4-6-11-20)29(40)35(3)24(15-26(37)38)25(36)17-31/h4-14,18,24,27H,15-17H2,1-3H3,(H,33,39)(H,37,38)/t24-,27-,30?/m0/s1. The van der Waals surface area contributed by atoms with Gasteiger partial charge < -0.3 is 20.2 Å². The molecule has 0 aliphatic carbocycles. The normalized spacial score (nSPS) is 17.8. The second-order valence-corrected chi connectivity index (χ2v) is 10.8. The number of ketones is 1. The second kappa shape index (κ2) is 12.6. The molecule has 214 valence electrons. The van der Waals surface area contributed by atoms with E-state index < -0.39 is 47.7 Å². The van der Waals surface area contributed by atoms with E-state index in [2.05, 4.69) is 31.4 Å². The lowest BCUT2D eigenvalue weighted by Gasteiger charge is -2.34. The first kappa shape index (κ1) is 29.9. The number of carbonyl (C=O) groups excluding carboxylic acids is 3. The Balaban J connectivity index is 1.64. The number of halogens is 1. The molecular weight excluding hydrogens is 592 g/mol. The summed E-state index contributed by atoms with van der Waals surface area (Å²) >= 11 is 3.08. The van der Waals surface area contributed by atoms with E-state index in [9.17, 15) is 24.3 Å². The Morgan fingerprint density at radius 2 is 1.73 bits per heavy atom. The van der Waals surface area contributed by atoms with Crippen molar-refractivity contribution in [3.8, 4) is 0 Å². The fourth-order valence-corrected chi connectivity index (χ4v) is 5.29. The van der Waals surface area contributed by atoms with Crippen LogP contribution in [0.4, 0.5) is 0 Å². The van der Waals surface area contributed by atoms with Crippen LogP contribution >= 0.6 is 15.9 Å². The number of hydrogen-bond donors (Lipinski definition) is 2. The molecule has 0 saturated heterocycles. The number of para-hydroxylation sites is 1. The van der Waals surface area contributed by atoms with Gasteiger partial charge in [0.25, 0.3) is 11.8 Å². The van der Waals surface area contributed by atoms with E-state index >= 15 is 0 Å². The number of nitrogens with one attached hydrogen (secondary N) is 1. The lowest BCUT2D eigenvalue weighted by atomic mass is 9.83. The maximum absolute atomic E-state index is 14.1. The van der Waals surface area contributed by atoms with E-state index in [4.69, 9.17) is 4.84 Å². The van der Waals surface area contributed by atoms with Crippen molar-refractivity contribution in [2.75, 3.05) is 12.4 Å². The maximum atomic E-state index is 14.1. The monoisotopic (exact) mass is 622 g/mol. The maximum Gasteiger partial charge on any atom is 0.305 e. The largest absolute Gasteiger partial charge is 0.481 e. The molecule has 0 fully saturated rings. The lowest BCUT2D eigenvalue weighted by molar-refractivity contribution is -0.160. The van der Waals surface area contributed by atoms with E-state index in [1.807, 2.05) is 44.2 Å². The van der Waals surface area contributed by atoms with Gasteiger partial charge in [-0.3, -0.25) is 19.2 Å². The Morgan fingerprint density at radius 1 is 1.05 bits per heavy atom. The highest BCUT2D eigenvalue weighted by Gasteiger charge is 2.52. The van der Waals surface area contributed by atoms with Crippen molar-refractivity contribution in [3.63, 3.8) is 0 Å². The number of aliphatic carboxylic acids is 1. The zero-order valence-electron chi connectivity index (χ0n) is 22.9. The van der Waals surface area contributed by atoms with Gasteiger partial charge in [-0.05, 0) is 18.1 Å². The van der Waals surface area contributed by atoms with Gasteiger partial charge in [0.1, 0.15) is 11.7 Å². The molecule has 2 N–H and O–H groups in total. The molecule has 2 heterocycles. The van der Waals surface area contributed by atoms with Gasteiger partial charge in [0.15, 0.2) is 5.78 Å². The predicted octanol–water partition coefficient (Wildman–Crippen LogP) is 3.93. The van der Waals surface area contributed by atoms with Gasteiger partial charge in [-0.25, -0.2) is 4.98 Å². The number of hydrogen-bond acceptors (Lipinski definition) is 7. The van der Waals surface area contributed by atoms with Gasteiger partial charge in [0.05, 0.1) is 29.0 Å². The van der Waals surface area contributed by atoms with Crippen molar-refractivity contribution in [1.29, 1.82) is 0 Å². The van der Waals surface area contributed by atoms with Gasteiger partial charge in [0, 0.05) is 24.4 Å². The van der Waals surface area contributed by atoms with Crippen LogP contribution in [0, 0.1) is 5.92 Å². The van der Waals surface area contributed by atoms with Crippen LogP contribution in [0.25, 0.3) is 10.9 Å². The third kappa shape index (κ3) is 6.30. The summed E-state index contributed by atoms with van der Waals surface area (Å²) < 4.78 is 0. The Labute approximate surface area is 245 Å². The average molecular weight is 624 g/mol. The number of pyridine rings is 1. The van der Waals surface area contributed by atoms with Crippen LogP contribution in [0.15, 0.2) is 71.9 Å². The molecule has 41 heavy (non-hydrogen) atoms. The minimum Gasteiger partial charge on any atom is -0.481 e. The van der Waals surface area contributed by atoms with E-state index in [1.54, 1.807) is 36.4 Å². The van der Waals surface area contributed by atoms with Crippen molar-refractivity contribution < 1.29 is 29.1 Å². The Bertz CT molecular complexity index is 1490. The Morgan fingerprint density at radius 3 is 2.39 bits per heavy atom. The third-order valence-corrected chi connectivity index (χ3v) is 7.69. The van der Waals surface area contributed by atoms with E-state index in [0.29, 0.717) is 16.8 Å². The second-order valence-electron chi connectivity index (χ2n) is 10.3. The molecular formula is C30H31BrN4O6. The first-order valence-electron chi connectivity index (χ1n) is 13.1. The Kier molecular flexibility index (Phi) is 9.17. The summed E-state index contributed by atoms with van der Waals surface area (Å²) in [7, 11) is 1.38. The van der Waals surface area contributed by atoms with Crippen LogP contribution in [-0.4, -0.2) is 68.7 Å². The molecule has 3 atom stereocenters. The first-order chi connectivity index (χ1) is 19.6. The van der Waals surface area contributed by atoms with Crippen LogP contribution in [-0.2, 0) is 24.8 Å². The molecule has 4 rings (SSSR count). The van der Waals surface area contributed by atoms with Gasteiger partial charge in [-0.15, -0.1) is 0 Å². The SMILES string of the molecule is CC(C)[C@H](NC(=O)c1ccc2ccccc2n1)C1=NOC(C(=O)N(C)[C@@H](CC(=O)O)C(=O)CBr)(c2ccccc2)C1.